The summed E-state index contributed by atoms with van der Waals surface area (Å²) in [6.45, 7) is 2.17. The van der Waals surface area contributed by atoms with Gasteiger partial charge in [0.2, 0.25) is 5.91 Å². The van der Waals surface area contributed by atoms with Crippen LogP contribution in [0.2, 0.25) is 0 Å². The molecule has 0 aromatic rings. The predicted octanol–water partition coefficient (Wildman–Crippen LogP) is -1.54. The molecule has 0 fully saturated rings. The van der Waals surface area contributed by atoms with Crippen molar-refractivity contribution in [3.63, 3.8) is 0 Å². The highest BCUT2D eigenvalue weighted by Gasteiger charge is 2.12. The first-order chi connectivity index (χ1) is 7.50. The van der Waals surface area contributed by atoms with Crippen LogP contribution in [0.25, 0.3) is 0 Å². The minimum atomic E-state index is -1.12. The summed E-state index contributed by atoms with van der Waals surface area (Å²) in [5.74, 6) is -3.58. The number of carbonyl (C=O) groups excluding carboxylic acids is 1. The van der Waals surface area contributed by atoms with Gasteiger partial charge in [-0.25, -0.2) is 0 Å². The molecule has 17 heavy (non-hydrogen) atoms. The second-order valence-electron chi connectivity index (χ2n) is 2.64. The monoisotopic (exact) mass is 252 g/mol. The van der Waals surface area contributed by atoms with Crippen LogP contribution in [0.1, 0.15) is 20.3 Å². The van der Waals surface area contributed by atoms with Crippen molar-refractivity contribution in [1.29, 1.82) is 0 Å². The summed E-state index contributed by atoms with van der Waals surface area (Å²) in [6, 6.07) is -1.07. The van der Waals surface area contributed by atoms with Gasteiger partial charge in [-0.1, -0.05) is 0 Å². The number of hydrogen-bond donors (Lipinski definition) is 5. The Labute approximate surface area is 97.0 Å². The quantitative estimate of drug-likeness (QED) is 0.400. The Bertz CT molecular complexity index is 257. The van der Waals surface area contributed by atoms with Crippen molar-refractivity contribution in [3.05, 3.63) is 0 Å². The summed E-state index contributed by atoms with van der Waals surface area (Å²) in [5, 5.41) is 22.9. The SMILES string of the molecule is CC(=O)O.CC(=O)O.NC(=O)[C@@H](N)CC(=O)O. The van der Waals surface area contributed by atoms with Gasteiger partial charge in [0.15, 0.2) is 0 Å². The number of rotatable bonds is 3. The molecular formula is C8H16N2O7. The summed E-state index contributed by atoms with van der Waals surface area (Å²) in [7, 11) is 0. The third-order valence-electron chi connectivity index (χ3n) is 0.760. The first-order valence-corrected chi connectivity index (χ1v) is 4.16. The van der Waals surface area contributed by atoms with Crippen LogP contribution < -0.4 is 11.5 Å². The minimum absolute atomic E-state index is 0.407. The fourth-order valence-corrected chi connectivity index (χ4v) is 0.289. The fraction of sp³-hybridized carbons (Fsp3) is 0.500. The number of amides is 1. The molecule has 0 spiro atoms. The molecule has 0 bridgehead atoms. The lowest BCUT2D eigenvalue weighted by Gasteiger charge is -2.00. The molecule has 9 heteroatoms. The van der Waals surface area contributed by atoms with E-state index >= 15 is 0 Å². The molecule has 0 aromatic heterocycles. The standard InChI is InChI=1S/C4H8N2O3.2C2H4O2/c5-2(4(6)9)1-3(7)8;2*1-2(3)4/h2H,1,5H2,(H2,6,9)(H,7,8);2*1H3,(H,3,4)/t2-;;/m0../s1. The molecule has 0 unspecified atom stereocenters. The highest BCUT2D eigenvalue weighted by molar-refractivity contribution is 5.84. The summed E-state index contributed by atoms with van der Waals surface area (Å²) in [4.78, 5) is 37.9. The zero-order valence-electron chi connectivity index (χ0n) is 9.41. The maximum absolute atomic E-state index is 10.1. The van der Waals surface area contributed by atoms with Gasteiger partial charge in [0.1, 0.15) is 0 Å². The molecule has 0 rings (SSSR count). The zero-order valence-corrected chi connectivity index (χ0v) is 9.41. The van der Waals surface area contributed by atoms with E-state index in [1.807, 2.05) is 0 Å². The molecule has 0 aliphatic rings. The zero-order chi connectivity index (χ0) is 14.6. The van der Waals surface area contributed by atoms with E-state index in [9.17, 15) is 9.59 Å². The molecule has 7 N–H and O–H groups in total. The maximum atomic E-state index is 10.1. The van der Waals surface area contributed by atoms with Crippen LogP contribution in [0.15, 0.2) is 0 Å². The molecule has 0 saturated carbocycles. The van der Waals surface area contributed by atoms with Gasteiger partial charge >= 0.3 is 5.97 Å². The van der Waals surface area contributed by atoms with E-state index in [2.05, 4.69) is 5.73 Å². The molecule has 0 saturated heterocycles. The lowest BCUT2D eigenvalue weighted by Crippen LogP contribution is -2.38. The summed E-state index contributed by atoms with van der Waals surface area (Å²) in [6.07, 6.45) is -0.407. The Morgan fingerprint density at radius 2 is 1.24 bits per heavy atom. The van der Waals surface area contributed by atoms with Crippen LogP contribution in [-0.4, -0.2) is 45.2 Å². The van der Waals surface area contributed by atoms with E-state index in [0.717, 1.165) is 13.8 Å². The van der Waals surface area contributed by atoms with E-state index in [4.69, 9.17) is 30.6 Å². The predicted molar refractivity (Wildman–Crippen MR) is 56.0 cm³/mol. The van der Waals surface area contributed by atoms with Crippen LogP contribution in [0.3, 0.4) is 0 Å². The second kappa shape index (κ2) is 11.9. The molecule has 100 valence electrons. The third-order valence-corrected chi connectivity index (χ3v) is 0.760. The first kappa shape index (κ1) is 20.3. The van der Waals surface area contributed by atoms with Gasteiger partial charge in [-0.3, -0.25) is 19.2 Å². The number of nitrogens with two attached hydrogens (primary N) is 2. The van der Waals surface area contributed by atoms with Crippen molar-refractivity contribution in [2.75, 3.05) is 0 Å². The van der Waals surface area contributed by atoms with E-state index in [1.165, 1.54) is 0 Å². The van der Waals surface area contributed by atoms with Gasteiger partial charge in [0, 0.05) is 13.8 Å². The smallest absolute Gasteiger partial charge is 0.305 e. The largest absolute Gasteiger partial charge is 0.481 e. The number of carbonyl (C=O) groups is 4. The number of carboxylic acids is 3. The van der Waals surface area contributed by atoms with Crippen molar-refractivity contribution in [2.24, 2.45) is 11.5 Å². The highest BCUT2D eigenvalue weighted by Crippen LogP contribution is 1.84. The molecule has 0 radical (unpaired) electrons. The normalized spacial score (nSPS) is 9.59. The van der Waals surface area contributed by atoms with Crippen molar-refractivity contribution in [2.45, 2.75) is 26.3 Å². The third kappa shape index (κ3) is 56.9. The molecule has 1 amide bonds. The van der Waals surface area contributed by atoms with E-state index in [-0.39, 0.29) is 0 Å². The molecule has 0 heterocycles. The van der Waals surface area contributed by atoms with Crippen LogP contribution in [0.5, 0.6) is 0 Å². The van der Waals surface area contributed by atoms with Gasteiger partial charge in [-0.2, -0.15) is 0 Å². The molecule has 9 nitrogen and oxygen atoms in total. The number of primary amides is 1. The number of aliphatic carboxylic acids is 3. The molecule has 0 aliphatic carbocycles. The molecule has 1 atom stereocenters. The van der Waals surface area contributed by atoms with Crippen LogP contribution in [-0.2, 0) is 19.2 Å². The van der Waals surface area contributed by atoms with Crippen LogP contribution in [0.4, 0.5) is 0 Å². The Balaban J connectivity index is -0.000000205. The average molecular weight is 252 g/mol. The Morgan fingerprint density at radius 1 is 1.00 bits per heavy atom. The topological polar surface area (TPSA) is 181 Å². The molecule has 0 aromatic carbocycles. The molecule has 0 aliphatic heterocycles. The number of hydrogen-bond acceptors (Lipinski definition) is 5. The lowest BCUT2D eigenvalue weighted by atomic mass is 10.2. The Kier molecular flexibility index (Phi) is 14.2. The van der Waals surface area contributed by atoms with Crippen LogP contribution >= 0.6 is 0 Å². The van der Waals surface area contributed by atoms with E-state index < -0.39 is 36.3 Å². The van der Waals surface area contributed by atoms with Gasteiger partial charge in [-0.05, 0) is 0 Å². The minimum Gasteiger partial charge on any atom is -0.481 e. The fourth-order valence-electron chi connectivity index (χ4n) is 0.289. The Hall–Kier alpha value is -2.16. The average Bonchev–Trinajstić information content (AvgIpc) is 1.99. The van der Waals surface area contributed by atoms with Crippen molar-refractivity contribution < 1.29 is 34.5 Å². The summed E-state index contributed by atoms with van der Waals surface area (Å²) >= 11 is 0. The summed E-state index contributed by atoms with van der Waals surface area (Å²) in [5.41, 5.74) is 9.62. The van der Waals surface area contributed by atoms with Crippen LogP contribution in [0, 0.1) is 0 Å². The number of carboxylic acid groups (broad SMARTS) is 3. The van der Waals surface area contributed by atoms with Gasteiger partial charge < -0.3 is 26.8 Å². The van der Waals surface area contributed by atoms with Crippen molar-refractivity contribution in [1.82, 2.24) is 0 Å². The van der Waals surface area contributed by atoms with E-state index in [0.29, 0.717) is 0 Å². The van der Waals surface area contributed by atoms with Gasteiger partial charge in [0.25, 0.3) is 11.9 Å². The van der Waals surface area contributed by atoms with Gasteiger partial charge in [0.05, 0.1) is 12.5 Å². The Morgan fingerprint density at radius 3 is 1.29 bits per heavy atom. The second-order valence-corrected chi connectivity index (χ2v) is 2.64. The summed E-state index contributed by atoms with van der Waals surface area (Å²) < 4.78 is 0. The maximum Gasteiger partial charge on any atom is 0.305 e. The molecular weight excluding hydrogens is 236 g/mol. The first-order valence-electron chi connectivity index (χ1n) is 4.16. The van der Waals surface area contributed by atoms with Crippen molar-refractivity contribution in [3.8, 4) is 0 Å². The van der Waals surface area contributed by atoms with Crippen molar-refractivity contribution >= 4 is 23.8 Å². The highest BCUT2D eigenvalue weighted by atomic mass is 16.4. The van der Waals surface area contributed by atoms with Gasteiger partial charge in [-0.15, -0.1) is 0 Å². The van der Waals surface area contributed by atoms with E-state index in [1.54, 1.807) is 0 Å². The lowest BCUT2D eigenvalue weighted by molar-refractivity contribution is -0.139.